The van der Waals surface area contributed by atoms with Gasteiger partial charge in [-0.15, -0.1) is 0 Å². The number of rotatable bonds is 5. The second-order valence-electron chi connectivity index (χ2n) is 6.44. The third kappa shape index (κ3) is 5.19. The van der Waals surface area contributed by atoms with E-state index in [1.165, 1.54) is 28.7 Å². The van der Waals surface area contributed by atoms with Crippen molar-refractivity contribution in [1.82, 2.24) is 5.32 Å². The van der Waals surface area contributed by atoms with Gasteiger partial charge in [0.25, 0.3) is 0 Å². The molecule has 0 aliphatic heterocycles. The Balaban J connectivity index is 2.06. The van der Waals surface area contributed by atoms with Gasteiger partial charge in [0.1, 0.15) is 0 Å². The van der Waals surface area contributed by atoms with Crippen LogP contribution in [0.25, 0.3) is 0 Å². The van der Waals surface area contributed by atoms with Crippen molar-refractivity contribution in [2.24, 2.45) is 0 Å². The van der Waals surface area contributed by atoms with E-state index < -0.39 is 10.0 Å². The third-order valence-corrected chi connectivity index (χ3v) is 5.77. The van der Waals surface area contributed by atoms with Crippen molar-refractivity contribution < 1.29 is 8.42 Å². The minimum absolute atomic E-state index is 0.0520. The lowest BCUT2D eigenvalue weighted by Gasteiger charge is -2.20. The highest BCUT2D eigenvalue weighted by Crippen LogP contribution is 2.21. The van der Waals surface area contributed by atoms with Crippen LogP contribution >= 0.6 is 12.2 Å². The van der Waals surface area contributed by atoms with Crippen molar-refractivity contribution >= 4 is 38.7 Å². The molecule has 0 aromatic heterocycles. The van der Waals surface area contributed by atoms with Crippen molar-refractivity contribution in [3.05, 3.63) is 59.2 Å². The molecule has 0 fully saturated rings. The number of hydrogen-bond acceptors (Lipinski definition) is 3. The van der Waals surface area contributed by atoms with Gasteiger partial charge in [-0.2, -0.15) is 0 Å². The van der Waals surface area contributed by atoms with Crippen LogP contribution in [0.15, 0.2) is 42.5 Å². The molecule has 2 aromatic carbocycles. The minimum Gasteiger partial charge on any atom is -0.356 e. The summed E-state index contributed by atoms with van der Waals surface area (Å²) in [4.78, 5) is 0. The molecule has 0 amide bonds. The van der Waals surface area contributed by atoms with Gasteiger partial charge in [-0.05, 0) is 67.9 Å². The first-order valence-corrected chi connectivity index (χ1v) is 10.5. The molecule has 140 valence electrons. The fraction of sp³-hybridized carbons (Fsp3) is 0.316. The third-order valence-electron chi connectivity index (χ3n) is 4.34. The van der Waals surface area contributed by atoms with E-state index in [0.29, 0.717) is 10.8 Å². The first-order chi connectivity index (χ1) is 12.1. The Morgan fingerprint density at radius 2 is 1.81 bits per heavy atom. The van der Waals surface area contributed by atoms with Crippen molar-refractivity contribution in [2.75, 3.05) is 22.9 Å². The predicted octanol–water partition coefficient (Wildman–Crippen LogP) is 3.75. The van der Waals surface area contributed by atoms with E-state index in [9.17, 15) is 8.42 Å². The predicted molar refractivity (Wildman–Crippen MR) is 113 cm³/mol. The molecular formula is C19H25N3O2S2. The number of aryl methyl sites for hydroxylation is 2. The average molecular weight is 392 g/mol. The number of anilines is 2. The Morgan fingerprint density at radius 3 is 2.42 bits per heavy atom. The topological polar surface area (TPSA) is 61.4 Å². The summed E-state index contributed by atoms with van der Waals surface area (Å²) in [5, 5.41) is 6.85. The van der Waals surface area contributed by atoms with E-state index >= 15 is 0 Å². The van der Waals surface area contributed by atoms with Gasteiger partial charge in [0.2, 0.25) is 10.0 Å². The number of nitrogens with one attached hydrogen (secondary N) is 2. The molecule has 0 saturated heterocycles. The quantitative estimate of drug-likeness (QED) is 0.760. The first kappa shape index (κ1) is 20.2. The average Bonchev–Trinajstić information content (AvgIpc) is 2.55. The summed E-state index contributed by atoms with van der Waals surface area (Å²) >= 11 is 5.40. The van der Waals surface area contributed by atoms with Crippen LogP contribution in [0.3, 0.4) is 0 Å². The van der Waals surface area contributed by atoms with Gasteiger partial charge in [0.05, 0.1) is 18.0 Å². The largest absolute Gasteiger partial charge is 0.356 e. The van der Waals surface area contributed by atoms with Crippen LogP contribution in [0.1, 0.15) is 29.7 Å². The van der Waals surface area contributed by atoms with E-state index in [4.69, 9.17) is 12.2 Å². The lowest BCUT2D eigenvalue weighted by atomic mass is 10.0. The summed E-state index contributed by atoms with van der Waals surface area (Å²) in [5.41, 5.74) is 4.95. The first-order valence-electron chi connectivity index (χ1n) is 8.26. The molecule has 0 bridgehead atoms. The highest BCUT2D eigenvalue weighted by Gasteiger charge is 2.13. The van der Waals surface area contributed by atoms with Gasteiger partial charge in [0, 0.05) is 12.7 Å². The van der Waals surface area contributed by atoms with Crippen LogP contribution in [0.2, 0.25) is 0 Å². The molecule has 26 heavy (non-hydrogen) atoms. The van der Waals surface area contributed by atoms with Crippen molar-refractivity contribution in [2.45, 2.75) is 26.8 Å². The highest BCUT2D eigenvalue weighted by molar-refractivity contribution is 7.92. The van der Waals surface area contributed by atoms with Crippen LogP contribution < -0.4 is 14.9 Å². The van der Waals surface area contributed by atoms with Crippen molar-refractivity contribution in [3.8, 4) is 0 Å². The maximum Gasteiger partial charge on any atom is 0.231 e. The van der Waals surface area contributed by atoms with Crippen molar-refractivity contribution in [3.63, 3.8) is 0 Å². The van der Waals surface area contributed by atoms with E-state index in [1.54, 1.807) is 18.2 Å². The highest BCUT2D eigenvalue weighted by atomic mass is 32.2. The Hall–Kier alpha value is -2.12. The van der Waals surface area contributed by atoms with E-state index in [1.807, 2.05) is 13.0 Å². The fourth-order valence-corrected chi connectivity index (χ4v) is 3.24. The van der Waals surface area contributed by atoms with Crippen LogP contribution in [-0.2, 0) is 10.0 Å². The summed E-state index contributed by atoms with van der Waals surface area (Å²) in [7, 11) is -1.79. The molecule has 0 aliphatic carbocycles. The summed E-state index contributed by atoms with van der Waals surface area (Å²) < 4.78 is 24.6. The number of benzene rings is 2. The second kappa shape index (κ2) is 8.05. The molecule has 0 heterocycles. The molecule has 2 N–H and O–H groups in total. The molecule has 0 saturated carbocycles. The Kier molecular flexibility index (Phi) is 6.26. The smallest absolute Gasteiger partial charge is 0.231 e. The van der Waals surface area contributed by atoms with E-state index in [2.05, 4.69) is 42.7 Å². The zero-order valence-corrected chi connectivity index (χ0v) is 17.3. The molecule has 2 rings (SSSR count). The molecule has 0 aliphatic rings. The molecule has 2 aromatic rings. The molecule has 0 spiro atoms. The zero-order chi connectivity index (χ0) is 19.5. The lowest BCUT2D eigenvalue weighted by Crippen LogP contribution is -2.31. The summed E-state index contributed by atoms with van der Waals surface area (Å²) in [6.07, 6.45) is 1.17. The van der Waals surface area contributed by atoms with Crippen LogP contribution in [-0.4, -0.2) is 26.8 Å². The lowest BCUT2D eigenvalue weighted by molar-refractivity contribution is 0.600. The molecule has 5 nitrogen and oxygen atoms in total. The summed E-state index contributed by atoms with van der Waals surface area (Å²) in [5.74, 6) is 0. The van der Waals surface area contributed by atoms with Gasteiger partial charge < -0.3 is 10.6 Å². The van der Waals surface area contributed by atoms with Crippen LogP contribution in [0.4, 0.5) is 11.4 Å². The van der Waals surface area contributed by atoms with Crippen LogP contribution in [0.5, 0.6) is 0 Å². The summed E-state index contributed by atoms with van der Waals surface area (Å²) in [6, 6.07) is 13.5. The monoisotopic (exact) mass is 391 g/mol. The second-order valence-corrected chi connectivity index (χ2v) is 8.87. The van der Waals surface area contributed by atoms with Crippen LogP contribution in [0, 0.1) is 13.8 Å². The number of hydrogen-bond donors (Lipinski definition) is 2. The standard InChI is InChI=1S/C19H25N3O2S2/c1-13-9-10-16(11-14(13)2)15(3)20-19(25)21-17-7-6-8-18(12-17)22(4)26(5,23)24/h6-12,15H,1-5H3,(H2,20,21,25)/t15-/m0/s1. The molecule has 7 heteroatoms. The maximum atomic E-state index is 11.7. The summed E-state index contributed by atoms with van der Waals surface area (Å²) in [6.45, 7) is 6.22. The molecule has 1 atom stereocenters. The SMILES string of the molecule is Cc1ccc([C@H](C)NC(=S)Nc2cccc(N(C)S(C)(=O)=O)c2)cc1C. The molecular weight excluding hydrogens is 366 g/mol. The van der Waals surface area contributed by atoms with Gasteiger partial charge in [0.15, 0.2) is 5.11 Å². The van der Waals surface area contributed by atoms with Gasteiger partial charge in [-0.3, -0.25) is 4.31 Å². The van der Waals surface area contributed by atoms with Crippen molar-refractivity contribution in [1.29, 1.82) is 0 Å². The van der Waals surface area contributed by atoms with E-state index in [-0.39, 0.29) is 6.04 Å². The van der Waals surface area contributed by atoms with Gasteiger partial charge in [-0.1, -0.05) is 24.3 Å². The Morgan fingerprint density at radius 1 is 1.12 bits per heavy atom. The fourth-order valence-electron chi connectivity index (χ4n) is 2.45. The zero-order valence-electron chi connectivity index (χ0n) is 15.7. The van der Waals surface area contributed by atoms with E-state index in [0.717, 1.165) is 11.3 Å². The van der Waals surface area contributed by atoms with Gasteiger partial charge in [-0.25, -0.2) is 8.42 Å². The number of nitrogens with zero attached hydrogens (tertiary/aromatic N) is 1. The molecule has 0 unspecified atom stereocenters. The minimum atomic E-state index is -3.31. The molecule has 0 radical (unpaired) electrons. The number of sulfonamides is 1. The maximum absolute atomic E-state index is 11.7. The Bertz CT molecular complexity index is 911. The van der Waals surface area contributed by atoms with Gasteiger partial charge >= 0.3 is 0 Å². The number of thiocarbonyl (C=S) groups is 1. The normalized spacial score (nSPS) is 12.3. The Labute approximate surface area is 161 Å².